The molecule has 0 aliphatic rings. The summed E-state index contributed by atoms with van der Waals surface area (Å²) in [6.45, 7) is 6.31. The summed E-state index contributed by atoms with van der Waals surface area (Å²) in [4.78, 5) is 10.5. The third-order valence-electron chi connectivity index (χ3n) is 2.00. The van der Waals surface area contributed by atoms with Crippen LogP contribution in [0.5, 0.6) is 5.75 Å². The highest BCUT2D eigenvalue weighted by atomic mass is 16.5. The van der Waals surface area contributed by atoms with Crippen LogP contribution < -0.4 is 10.1 Å². The number of benzene rings is 1. The van der Waals surface area contributed by atoms with Gasteiger partial charge in [0.15, 0.2) is 0 Å². The number of anilines is 1. The number of ether oxygens (including phenoxy) is 1. The first kappa shape index (κ1) is 11.4. The molecule has 0 atom stereocenters. The highest BCUT2D eigenvalue weighted by Gasteiger charge is 2.07. The lowest BCUT2D eigenvalue weighted by Crippen LogP contribution is -2.08. The molecule has 0 bridgehead atoms. The van der Waals surface area contributed by atoms with Crippen LogP contribution in [-0.2, 0) is 0 Å². The molecule has 0 spiro atoms. The van der Waals surface area contributed by atoms with Gasteiger partial charge in [0.05, 0.1) is 6.61 Å². The summed E-state index contributed by atoms with van der Waals surface area (Å²) in [5.41, 5.74) is 2.43. The van der Waals surface area contributed by atoms with E-state index in [4.69, 9.17) is 9.84 Å². The molecular weight excluding hydrogens is 194 g/mol. The van der Waals surface area contributed by atoms with E-state index < -0.39 is 6.09 Å². The van der Waals surface area contributed by atoms with Crippen molar-refractivity contribution in [1.29, 1.82) is 0 Å². The van der Waals surface area contributed by atoms with Crippen LogP contribution in [0.2, 0.25) is 0 Å². The maximum atomic E-state index is 10.5. The molecule has 0 saturated heterocycles. The molecule has 2 N–H and O–H groups in total. The largest absolute Gasteiger partial charge is 0.493 e. The van der Waals surface area contributed by atoms with Gasteiger partial charge in [0.25, 0.3) is 0 Å². The Bertz CT molecular complexity index is 351. The average Bonchev–Trinajstić information content (AvgIpc) is 2.10. The number of nitrogens with one attached hydrogen (secondary N) is 1. The fourth-order valence-corrected chi connectivity index (χ4v) is 1.52. The zero-order valence-corrected chi connectivity index (χ0v) is 9.13. The third-order valence-corrected chi connectivity index (χ3v) is 2.00. The molecule has 0 unspecified atom stereocenters. The summed E-state index contributed by atoms with van der Waals surface area (Å²) < 4.78 is 5.45. The van der Waals surface area contributed by atoms with Gasteiger partial charge in [-0.3, -0.25) is 5.32 Å². The van der Waals surface area contributed by atoms with Crippen molar-refractivity contribution in [3.63, 3.8) is 0 Å². The topological polar surface area (TPSA) is 58.6 Å². The van der Waals surface area contributed by atoms with Crippen LogP contribution >= 0.6 is 0 Å². The molecule has 1 aromatic rings. The minimum absolute atomic E-state index is 0.570. The van der Waals surface area contributed by atoms with E-state index in [2.05, 4.69) is 5.32 Å². The van der Waals surface area contributed by atoms with Gasteiger partial charge in [-0.05, 0) is 44.0 Å². The standard InChI is InChI=1S/C11H15NO3/c1-4-15-10-7(2)5-9(6-8(10)3)12-11(13)14/h5-6,12H,4H2,1-3H3,(H,13,14). The molecule has 0 saturated carbocycles. The van der Waals surface area contributed by atoms with Crippen LogP contribution in [0.3, 0.4) is 0 Å². The second-order valence-electron chi connectivity index (χ2n) is 3.30. The number of hydrogen-bond acceptors (Lipinski definition) is 2. The molecule has 1 amide bonds. The van der Waals surface area contributed by atoms with Crippen molar-refractivity contribution in [2.45, 2.75) is 20.8 Å². The van der Waals surface area contributed by atoms with Gasteiger partial charge < -0.3 is 9.84 Å². The van der Waals surface area contributed by atoms with Gasteiger partial charge >= 0.3 is 6.09 Å². The van der Waals surface area contributed by atoms with E-state index >= 15 is 0 Å². The average molecular weight is 209 g/mol. The number of carboxylic acid groups (broad SMARTS) is 1. The van der Waals surface area contributed by atoms with Crippen molar-refractivity contribution in [1.82, 2.24) is 0 Å². The Morgan fingerprint density at radius 2 is 1.93 bits per heavy atom. The molecule has 0 aliphatic heterocycles. The predicted octanol–water partition coefficient (Wildman–Crippen LogP) is 2.79. The normalized spacial score (nSPS) is 9.80. The SMILES string of the molecule is CCOc1c(C)cc(NC(=O)O)cc1C. The van der Waals surface area contributed by atoms with E-state index in [0.29, 0.717) is 12.3 Å². The van der Waals surface area contributed by atoms with Gasteiger partial charge in [0, 0.05) is 5.69 Å². The molecule has 1 aromatic carbocycles. The molecule has 15 heavy (non-hydrogen) atoms. The van der Waals surface area contributed by atoms with Crippen LogP contribution in [0.4, 0.5) is 10.5 Å². The Hall–Kier alpha value is -1.71. The van der Waals surface area contributed by atoms with Crippen LogP contribution in [0.1, 0.15) is 18.1 Å². The van der Waals surface area contributed by atoms with Crippen LogP contribution in [-0.4, -0.2) is 17.8 Å². The molecule has 1 rings (SSSR count). The fourth-order valence-electron chi connectivity index (χ4n) is 1.52. The summed E-state index contributed by atoms with van der Waals surface area (Å²) in [5.74, 6) is 0.827. The molecular formula is C11H15NO3. The van der Waals surface area contributed by atoms with E-state index in [0.717, 1.165) is 16.9 Å². The van der Waals surface area contributed by atoms with Gasteiger partial charge in [-0.25, -0.2) is 4.79 Å². The second-order valence-corrected chi connectivity index (χ2v) is 3.30. The Kier molecular flexibility index (Phi) is 3.55. The highest BCUT2D eigenvalue weighted by Crippen LogP contribution is 2.27. The van der Waals surface area contributed by atoms with Gasteiger partial charge in [-0.15, -0.1) is 0 Å². The van der Waals surface area contributed by atoms with E-state index in [1.54, 1.807) is 12.1 Å². The lowest BCUT2D eigenvalue weighted by Gasteiger charge is -2.12. The van der Waals surface area contributed by atoms with E-state index in [9.17, 15) is 4.79 Å². The Morgan fingerprint density at radius 1 is 1.40 bits per heavy atom. The summed E-state index contributed by atoms with van der Waals surface area (Å²) in [7, 11) is 0. The Labute approximate surface area is 88.9 Å². The Morgan fingerprint density at radius 3 is 2.33 bits per heavy atom. The van der Waals surface area contributed by atoms with Crippen molar-refractivity contribution in [2.75, 3.05) is 11.9 Å². The molecule has 0 aromatic heterocycles. The molecule has 0 aliphatic carbocycles. The van der Waals surface area contributed by atoms with Gasteiger partial charge in [-0.2, -0.15) is 0 Å². The van der Waals surface area contributed by atoms with Gasteiger partial charge in [-0.1, -0.05) is 0 Å². The molecule has 4 heteroatoms. The number of carbonyl (C=O) groups is 1. The highest BCUT2D eigenvalue weighted by molar-refractivity contribution is 5.83. The van der Waals surface area contributed by atoms with E-state index in [-0.39, 0.29) is 0 Å². The van der Waals surface area contributed by atoms with Crippen molar-refractivity contribution in [3.05, 3.63) is 23.3 Å². The second kappa shape index (κ2) is 4.68. The number of rotatable bonds is 3. The summed E-state index contributed by atoms with van der Waals surface area (Å²) in [6.07, 6.45) is -1.06. The van der Waals surface area contributed by atoms with Crippen LogP contribution in [0.15, 0.2) is 12.1 Å². The Balaban J connectivity index is 3.02. The molecule has 0 radical (unpaired) electrons. The lowest BCUT2D eigenvalue weighted by atomic mass is 10.1. The van der Waals surface area contributed by atoms with Gasteiger partial charge in [0.1, 0.15) is 5.75 Å². The first-order valence-corrected chi connectivity index (χ1v) is 4.78. The smallest absolute Gasteiger partial charge is 0.409 e. The number of aryl methyl sites for hydroxylation is 2. The first-order chi connectivity index (χ1) is 7.04. The first-order valence-electron chi connectivity index (χ1n) is 4.78. The summed E-state index contributed by atoms with van der Waals surface area (Å²) in [5, 5.41) is 10.9. The minimum atomic E-state index is -1.06. The lowest BCUT2D eigenvalue weighted by molar-refractivity contribution is 0.209. The van der Waals surface area contributed by atoms with E-state index in [1.807, 2.05) is 20.8 Å². The molecule has 0 heterocycles. The van der Waals surface area contributed by atoms with Crippen LogP contribution in [0, 0.1) is 13.8 Å². The monoisotopic (exact) mass is 209 g/mol. The van der Waals surface area contributed by atoms with Crippen molar-refractivity contribution < 1.29 is 14.6 Å². The molecule has 82 valence electrons. The predicted molar refractivity (Wildman–Crippen MR) is 58.7 cm³/mol. The maximum Gasteiger partial charge on any atom is 0.409 e. The zero-order valence-electron chi connectivity index (χ0n) is 9.13. The minimum Gasteiger partial charge on any atom is -0.493 e. The molecule has 0 fully saturated rings. The quantitative estimate of drug-likeness (QED) is 0.804. The summed E-state index contributed by atoms with van der Waals surface area (Å²) in [6, 6.07) is 3.51. The van der Waals surface area contributed by atoms with Crippen LogP contribution in [0.25, 0.3) is 0 Å². The maximum absolute atomic E-state index is 10.5. The van der Waals surface area contributed by atoms with Crippen molar-refractivity contribution in [3.8, 4) is 5.75 Å². The van der Waals surface area contributed by atoms with Crippen molar-refractivity contribution >= 4 is 11.8 Å². The number of hydrogen-bond donors (Lipinski definition) is 2. The fraction of sp³-hybridized carbons (Fsp3) is 0.364. The summed E-state index contributed by atoms with van der Waals surface area (Å²) >= 11 is 0. The zero-order chi connectivity index (χ0) is 11.4. The van der Waals surface area contributed by atoms with Crippen molar-refractivity contribution in [2.24, 2.45) is 0 Å². The number of amides is 1. The third kappa shape index (κ3) is 2.87. The molecule has 4 nitrogen and oxygen atoms in total. The van der Waals surface area contributed by atoms with E-state index in [1.165, 1.54) is 0 Å². The van der Waals surface area contributed by atoms with Gasteiger partial charge in [0.2, 0.25) is 0 Å².